The summed E-state index contributed by atoms with van der Waals surface area (Å²) in [5.41, 5.74) is 0. The zero-order valence-corrected chi connectivity index (χ0v) is 11.1. The molecule has 0 aliphatic heterocycles. The van der Waals surface area contributed by atoms with Crippen LogP contribution in [0.25, 0.3) is 0 Å². The summed E-state index contributed by atoms with van der Waals surface area (Å²) in [5.74, 6) is 2.30. The van der Waals surface area contributed by atoms with Crippen LogP contribution in [0.4, 0.5) is 0 Å². The van der Waals surface area contributed by atoms with Gasteiger partial charge in [-0.3, -0.25) is 0 Å². The highest BCUT2D eigenvalue weighted by Crippen LogP contribution is 2.21. The smallest absolute Gasteiger partial charge is 0.00205 e. The molecule has 0 saturated heterocycles. The van der Waals surface area contributed by atoms with Crippen molar-refractivity contribution in [1.29, 1.82) is 0 Å². The Labute approximate surface area is 99.8 Å². The van der Waals surface area contributed by atoms with E-state index in [4.69, 9.17) is 0 Å². The van der Waals surface area contributed by atoms with Gasteiger partial charge in [-0.25, -0.2) is 0 Å². The summed E-state index contributed by atoms with van der Waals surface area (Å²) in [6, 6.07) is 0. The van der Waals surface area contributed by atoms with Gasteiger partial charge >= 0.3 is 0 Å². The molecular weight excluding hydrogens is 202 g/mol. The lowest BCUT2D eigenvalue weighted by Gasteiger charge is -2.14. The van der Waals surface area contributed by atoms with E-state index >= 15 is 0 Å². The Hall–Kier alpha value is 0.310. The van der Waals surface area contributed by atoms with E-state index < -0.39 is 0 Å². The molecule has 0 aromatic carbocycles. The Morgan fingerprint density at radius 2 is 1.80 bits per heavy atom. The first kappa shape index (κ1) is 13.4. The second-order valence-electron chi connectivity index (χ2n) is 4.76. The van der Waals surface area contributed by atoms with Crippen LogP contribution in [0.3, 0.4) is 0 Å². The van der Waals surface area contributed by atoms with Gasteiger partial charge in [-0.05, 0) is 56.7 Å². The highest BCUT2D eigenvalue weighted by Gasteiger charge is 2.10. The van der Waals surface area contributed by atoms with Crippen molar-refractivity contribution >= 4 is 11.8 Å². The van der Waals surface area contributed by atoms with Crippen LogP contribution in [0.2, 0.25) is 0 Å². The van der Waals surface area contributed by atoms with Crippen LogP contribution in [0.5, 0.6) is 0 Å². The molecule has 1 N–H and O–H groups in total. The van der Waals surface area contributed by atoms with E-state index in [9.17, 15) is 0 Å². The normalized spacial score (nSPS) is 19.0. The number of thioether (sulfide) groups is 1. The van der Waals surface area contributed by atoms with Crippen molar-refractivity contribution in [3.63, 3.8) is 0 Å². The third-order valence-electron chi connectivity index (χ3n) is 3.36. The minimum Gasteiger partial charge on any atom is -0.316 e. The minimum atomic E-state index is 0.980. The molecule has 90 valence electrons. The van der Waals surface area contributed by atoms with Crippen molar-refractivity contribution in [2.24, 2.45) is 5.92 Å². The van der Waals surface area contributed by atoms with Gasteiger partial charge in [0, 0.05) is 0 Å². The van der Waals surface area contributed by atoms with E-state index in [-0.39, 0.29) is 0 Å². The summed E-state index contributed by atoms with van der Waals surface area (Å²) in [6.45, 7) is 2.51. The average molecular weight is 229 g/mol. The van der Waals surface area contributed by atoms with E-state index in [2.05, 4.69) is 11.6 Å². The third-order valence-corrected chi connectivity index (χ3v) is 4.06. The fraction of sp³-hybridized carbons (Fsp3) is 1.00. The van der Waals surface area contributed by atoms with Crippen LogP contribution in [0.15, 0.2) is 0 Å². The van der Waals surface area contributed by atoms with Gasteiger partial charge in [0.15, 0.2) is 0 Å². The fourth-order valence-electron chi connectivity index (χ4n) is 2.37. The van der Waals surface area contributed by atoms with Gasteiger partial charge in [0.2, 0.25) is 0 Å². The molecule has 0 radical (unpaired) electrons. The molecule has 1 aliphatic rings. The summed E-state index contributed by atoms with van der Waals surface area (Å²) in [7, 11) is 0. The highest BCUT2D eigenvalue weighted by molar-refractivity contribution is 7.98. The highest BCUT2D eigenvalue weighted by atomic mass is 32.2. The number of nitrogens with one attached hydrogen (secondary N) is 1. The zero-order chi connectivity index (χ0) is 10.8. The van der Waals surface area contributed by atoms with E-state index in [1.807, 2.05) is 11.8 Å². The lowest BCUT2D eigenvalue weighted by atomic mass is 10.0. The molecule has 0 aromatic rings. The molecule has 2 heteroatoms. The molecule has 0 spiro atoms. The first-order valence-electron chi connectivity index (χ1n) is 6.63. The number of hydrogen-bond donors (Lipinski definition) is 1. The predicted molar refractivity (Wildman–Crippen MR) is 71.7 cm³/mol. The maximum Gasteiger partial charge on any atom is -0.00205 e. The standard InChI is InChI=1S/C13H27NS/c1-15-11-7-6-10-14-12-13-8-4-2-3-5-9-13/h13-14H,2-12H2,1H3. The molecule has 0 heterocycles. The van der Waals surface area contributed by atoms with Crippen LogP contribution >= 0.6 is 11.8 Å². The Morgan fingerprint density at radius 3 is 2.47 bits per heavy atom. The van der Waals surface area contributed by atoms with Gasteiger partial charge in [-0.15, -0.1) is 0 Å². The number of unbranched alkanes of at least 4 members (excludes halogenated alkanes) is 1. The molecule has 0 bridgehead atoms. The van der Waals surface area contributed by atoms with Crippen LogP contribution < -0.4 is 5.32 Å². The topological polar surface area (TPSA) is 12.0 Å². The summed E-state index contributed by atoms with van der Waals surface area (Å²) in [6.07, 6.45) is 13.8. The SMILES string of the molecule is CSCCCCNCC1CCCCCC1. The van der Waals surface area contributed by atoms with Crippen molar-refractivity contribution < 1.29 is 0 Å². The van der Waals surface area contributed by atoms with Gasteiger partial charge in [-0.2, -0.15) is 11.8 Å². The molecule has 1 saturated carbocycles. The lowest BCUT2D eigenvalue weighted by molar-refractivity contribution is 0.424. The number of hydrogen-bond acceptors (Lipinski definition) is 2. The van der Waals surface area contributed by atoms with Crippen LogP contribution in [-0.4, -0.2) is 25.1 Å². The summed E-state index contributed by atoms with van der Waals surface area (Å²) >= 11 is 1.96. The molecule has 0 aromatic heterocycles. The van der Waals surface area contributed by atoms with E-state index in [0.29, 0.717) is 0 Å². The van der Waals surface area contributed by atoms with Crippen molar-refractivity contribution in [3.05, 3.63) is 0 Å². The van der Waals surface area contributed by atoms with Gasteiger partial charge in [-0.1, -0.05) is 25.7 Å². The Balaban J connectivity index is 1.89. The average Bonchev–Trinajstić information content (AvgIpc) is 2.52. The Morgan fingerprint density at radius 1 is 1.07 bits per heavy atom. The molecule has 1 nitrogen and oxygen atoms in total. The minimum absolute atomic E-state index is 0.980. The van der Waals surface area contributed by atoms with Crippen molar-refractivity contribution in [2.75, 3.05) is 25.1 Å². The van der Waals surface area contributed by atoms with Crippen LogP contribution in [0.1, 0.15) is 51.4 Å². The van der Waals surface area contributed by atoms with Crippen molar-refractivity contribution in [3.8, 4) is 0 Å². The Kier molecular flexibility index (Phi) is 8.50. The van der Waals surface area contributed by atoms with Gasteiger partial charge < -0.3 is 5.32 Å². The summed E-state index contributed by atoms with van der Waals surface area (Å²) in [5, 5.41) is 3.63. The van der Waals surface area contributed by atoms with Crippen molar-refractivity contribution in [2.45, 2.75) is 51.4 Å². The Bertz CT molecular complexity index is 130. The lowest BCUT2D eigenvalue weighted by Crippen LogP contribution is -2.23. The first-order valence-corrected chi connectivity index (χ1v) is 8.02. The van der Waals surface area contributed by atoms with Crippen LogP contribution in [0, 0.1) is 5.92 Å². The van der Waals surface area contributed by atoms with E-state index in [0.717, 1.165) is 5.92 Å². The number of rotatable bonds is 7. The van der Waals surface area contributed by atoms with Crippen LogP contribution in [-0.2, 0) is 0 Å². The van der Waals surface area contributed by atoms with Crippen molar-refractivity contribution in [1.82, 2.24) is 5.32 Å². The van der Waals surface area contributed by atoms with Gasteiger partial charge in [0.05, 0.1) is 0 Å². The maximum atomic E-state index is 3.63. The molecule has 1 rings (SSSR count). The maximum absolute atomic E-state index is 3.63. The molecule has 1 aliphatic carbocycles. The van der Waals surface area contributed by atoms with E-state index in [1.54, 1.807) is 0 Å². The monoisotopic (exact) mass is 229 g/mol. The largest absolute Gasteiger partial charge is 0.316 e. The molecule has 0 atom stereocenters. The van der Waals surface area contributed by atoms with E-state index in [1.165, 1.54) is 70.2 Å². The first-order chi connectivity index (χ1) is 7.43. The summed E-state index contributed by atoms with van der Waals surface area (Å²) in [4.78, 5) is 0. The predicted octanol–water partition coefficient (Wildman–Crippen LogP) is 3.69. The molecule has 0 amide bonds. The second kappa shape index (κ2) is 9.53. The molecule has 0 unspecified atom stereocenters. The summed E-state index contributed by atoms with van der Waals surface area (Å²) < 4.78 is 0. The fourth-order valence-corrected chi connectivity index (χ4v) is 2.86. The molecular formula is C13H27NS. The quantitative estimate of drug-likeness (QED) is 0.528. The van der Waals surface area contributed by atoms with Gasteiger partial charge in [0.1, 0.15) is 0 Å². The molecule has 15 heavy (non-hydrogen) atoms. The third kappa shape index (κ3) is 7.24. The molecule has 1 fully saturated rings. The van der Waals surface area contributed by atoms with Gasteiger partial charge in [0.25, 0.3) is 0 Å². The zero-order valence-electron chi connectivity index (χ0n) is 10.3. The second-order valence-corrected chi connectivity index (χ2v) is 5.75.